The van der Waals surface area contributed by atoms with Crippen LogP contribution in [0.25, 0.3) is 0 Å². The zero-order valence-corrected chi connectivity index (χ0v) is 28.6. The van der Waals surface area contributed by atoms with Crippen LogP contribution in [0, 0.1) is 0 Å². The normalized spacial score (nSPS) is 12.1. The first-order chi connectivity index (χ1) is 21.3. The minimum Gasteiger partial charge on any atom is -0.418 e. The number of benzene rings is 2. The van der Waals surface area contributed by atoms with Gasteiger partial charge in [0.25, 0.3) is 0 Å². The Morgan fingerprint density at radius 2 is 0.907 bits per heavy atom. The molecular weight excluding hydrogens is 551 g/mol. The Bertz CT molecular complexity index is 793. The summed E-state index contributed by atoms with van der Waals surface area (Å²) in [5, 5.41) is 0. The van der Waals surface area contributed by atoms with Crippen LogP contribution in [0.5, 0.6) is 11.5 Å². The molecule has 0 N–H and O–H groups in total. The van der Waals surface area contributed by atoms with Crippen LogP contribution in [-0.4, -0.2) is 19.3 Å². The second-order valence-electron chi connectivity index (χ2n) is 11.9. The van der Waals surface area contributed by atoms with Gasteiger partial charge >= 0.3 is 8.60 Å². The zero-order valence-electron chi connectivity index (χ0n) is 27.7. The van der Waals surface area contributed by atoms with E-state index in [4.69, 9.17) is 18.3 Å². The highest BCUT2D eigenvalue weighted by molar-refractivity contribution is 7.42. The molecule has 0 bridgehead atoms. The van der Waals surface area contributed by atoms with Gasteiger partial charge in [-0.3, -0.25) is 4.52 Å². The number of hydrogen-bond acceptors (Lipinski definition) is 4. The smallest absolute Gasteiger partial charge is 0.418 e. The van der Waals surface area contributed by atoms with Gasteiger partial charge in [0.1, 0.15) is 11.5 Å². The van der Waals surface area contributed by atoms with Crippen LogP contribution in [-0.2, 0) is 9.26 Å². The first-order valence-electron chi connectivity index (χ1n) is 17.8. The van der Waals surface area contributed by atoms with Crippen molar-refractivity contribution in [3.63, 3.8) is 0 Å². The quantitative estimate of drug-likeness (QED) is 0.0648. The van der Waals surface area contributed by atoms with E-state index in [0.29, 0.717) is 12.7 Å². The molecule has 1 unspecified atom stereocenters. The molecule has 43 heavy (non-hydrogen) atoms. The fraction of sp³-hybridized carbons (Fsp3) is 0.684. The number of unbranched alkanes of at least 4 members (excludes halogenated alkanes) is 16. The van der Waals surface area contributed by atoms with Crippen LogP contribution in [0.15, 0.2) is 60.7 Å². The highest BCUT2D eigenvalue weighted by Gasteiger charge is 2.17. The van der Waals surface area contributed by atoms with Crippen molar-refractivity contribution < 1.29 is 18.3 Å². The third kappa shape index (κ3) is 21.7. The Morgan fingerprint density at radius 3 is 1.40 bits per heavy atom. The van der Waals surface area contributed by atoms with Gasteiger partial charge in [0, 0.05) is 6.61 Å². The molecule has 5 heteroatoms. The van der Waals surface area contributed by atoms with Crippen LogP contribution in [0.4, 0.5) is 0 Å². The number of rotatable bonds is 30. The molecule has 2 aromatic rings. The van der Waals surface area contributed by atoms with Crippen LogP contribution in [0.1, 0.15) is 149 Å². The monoisotopic (exact) mass is 614 g/mol. The molecule has 4 nitrogen and oxygen atoms in total. The van der Waals surface area contributed by atoms with Gasteiger partial charge in [-0.05, 0) is 49.9 Å². The number of hydrogen-bond donors (Lipinski definition) is 0. The zero-order chi connectivity index (χ0) is 30.5. The largest absolute Gasteiger partial charge is 0.463 e. The summed E-state index contributed by atoms with van der Waals surface area (Å²) in [7, 11) is -1.48. The molecule has 0 aliphatic heterocycles. The lowest BCUT2D eigenvalue weighted by molar-refractivity contribution is 0.0370. The molecule has 0 heterocycles. The lowest BCUT2D eigenvalue weighted by atomic mass is 10.0. The van der Waals surface area contributed by atoms with Gasteiger partial charge in [0.15, 0.2) is 0 Å². The minimum absolute atomic E-state index is 0.469. The first-order valence-corrected chi connectivity index (χ1v) is 18.9. The van der Waals surface area contributed by atoms with Crippen molar-refractivity contribution in [1.29, 1.82) is 0 Å². The SMILES string of the molecule is CCCCCCCCCCCCCOC(CCC)CCCCCCCCCOP(Oc1ccccc1)Oc1ccccc1. The van der Waals surface area contributed by atoms with Gasteiger partial charge in [0.05, 0.1) is 12.7 Å². The molecule has 0 fully saturated rings. The number of para-hydroxylation sites is 2. The predicted octanol–water partition coefficient (Wildman–Crippen LogP) is 13.0. The fourth-order valence-electron chi connectivity index (χ4n) is 5.35. The predicted molar refractivity (Wildman–Crippen MR) is 185 cm³/mol. The van der Waals surface area contributed by atoms with E-state index in [1.54, 1.807) is 0 Å². The molecule has 244 valence electrons. The van der Waals surface area contributed by atoms with Crippen molar-refractivity contribution >= 4 is 8.60 Å². The Hall–Kier alpha value is -1.61. The highest BCUT2D eigenvalue weighted by atomic mass is 31.2. The van der Waals surface area contributed by atoms with Gasteiger partial charge in [-0.1, -0.05) is 159 Å². The molecule has 1 atom stereocenters. The van der Waals surface area contributed by atoms with Gasteiger partial charge < -0.3 is 13.8 Å². The molecule has 0 aliphatic rings. The molecular formula is C38H63O4P. The summed E-state index contributed by atoms with van der Waals surface area (Å²) < 4.78 is 24.3. The average molecular weight is 615 g/mol. The molecule has 0 saturated carbocycles. The Labute approximate surface area is 266 Å². The second kappa shape index (κ2) is 27.9. The molecule has 0 aliphatic carbocycles. The van der Waals surface area contributed by atoms with Crippen molar-refractivity contribution in [3.8, 4) is 11.5 Å². The van der Waals surface area contributed by atoms with E-state index in [1.165, 1.54) is 128 Å². The van der Waals surface area contributed by atoms with Crippen LogP contribution in [0.3, 0.4) is 0 Å². The summed E-state index contributed by atoms with van der Waals surface area (Å²) in [6, 6.07) is 19.5. The maximum atomic E-state index is 6.30. The third-order valence-corrected chi connectivity index (χ3v) is 9.04. The molecule has 2 rings (SSSR count). The van der Waals surface area contributed by atoms with E-state index < -0.39 is 8.60 Å². The molecule has 2 aromatic carbocycles. The fourth-order valence-corrected chi connectivity index (χ4v) is 6.36. The highest BCUT2D eigenvalue weighted by Crippen LogP contribution is 2.41. The summed E-state index contributed by atoms with van der Waals surface area (Å²) in [6.45, 7) is 6.19. The average Bonchev–Trinajstić information content (AvgIpc) is 3.03. The molecule has 0 radical (unpaired) electrons. The van der Waals surface area contributed by atoms with Gasteiger partial charge in [0.2, 0.25) is 0 Å². The second-order valence-corrected chi connectivity index (χ2v) is 13.0. The standard InChI is InChI=1S/C38H63O4P/c1-3-5-6-7-8-9-10-11-14-17-26-34-39-36(28-4-2)29-21-16-13-12-15-18-27-35-40-43(41-37-30-22-19-23-31-37)42-38-32-24-20-25-33-38/h19-20,22-25,30-33,36H,3-18,21,26-29,34-35H2,1-2H3. The Morgan fingerprint density at radius 1 is 0.465 bits per heavy atom. The van der Waals surface area contributed by atoms with Crippen molar-refractivity contribution in [2.75, 3.05) is 13.2 Å². The van der Waals surface area contributed by atoms with E-state index in [-0.39, 0.29) is 0 Å². The molecule has 0 aromatic heterocycles. The van der Waals surface area contributed by atoms with E-state index >= 15 is 0 Å². The van der Waals surface area contributed by atoms with Gasteiger partial charge in [-0.2, -0.15) is 0 Å². The molecule has 0 saturated heterocycles. The van der Waals surface area contributed by atoms with Crippen LogP contribution >= 0.6 is 8.60 Å². The summed E-state index contributed by atoms with van der Waals surface area (Å²) >= 11 is 0. The molecule has 0 amide bonds. The minimum atomic E-state index is -1.48. The number of ether oxygens (including phenoxy) is 1. The van der Waals surface area contributed by atoms with E-state index in [9.17, 15) is 0 Å². The molecule has 0 spiro atoms. The van der Waals surface area contributed by atoms with E-state index in [0.717, 1.165) is 24.5 Å². The maximum absolute atomic E-state index is 6.30. The summed E-state index contributed by atoms with van der Waals surface area (Å²) in [4.78, 5) is 0. The Kier molecular flexibility index (Phi) is 24.4. The third-order valence-electron chi connectivity index (χ3n) is 7.93. The maximum Gasteiger partial charge on any atom is 0.463 e. The first kappa shape index (κ1) is 37.6. The lowest BCUT2D eigenvalue weighted by Gasteiger charge is -2.17. The van der Waals surface area contributed by atoms with Gasteiger partial charge in [-0.25, -0.2) is 0 Å². The summed E-state index contributed by atoms with van der Waals surface area (Å²) in [6.07, 6.45) is 28.1. The summed E-state index contributed by atoms with van der Waals surface area (Å²) in [5.74, 6) is 1.54. The van der Waals surface area contributed by atoms with Crippen molar-refractivity contribution in [1.82, 2.24) is 0 Å². The topological polar surface area (TPSA) is 36.9 Å². The van der Waals surface area contributed by atoms with Crippen LogP contribution < -0.4 is 9.05 Å². The van der Waals surface area contributed by atoms with Crippen LogP contribution in [0.2, 0.25) is 0 Å². The van der Waals surface area contributed by atoms with Crippen molar-refractivity contribution in [2.45, 2.75) is 155 Å². The Balaban J connectivity index is 1.44. The summed E-state index contributed by atoms with van der Waals surface area (Å²) in [5.41, 5.74) is 0. The van der Waals surface area contributed by atoms with Crippen molar-refractivity contribution in [3.05, 3.63) is 60.7 Å². The van der Waals surface area contributed by atoms with E-state index in [2.05, 4.69) is 13.8 Å². The lowest BCUT2D eigenvalue weighted by Crippen LogP contribution is -2.13. The van der Waals surface area contributed by atoms with Gasteiger partial charge in [-0.15, -0.1) is 0 Å². The van der Waals surface area contributed by atoms with E-state index in [1.807, 2.05) is 60.7 Å². The van der Waals surface area contributed by atoms with Crippen molar-refractivity contribution in [2.24, 2.45) is 0 Å².